The third-order valence-corrected chi connectivity index (χ3v) is 5.30. The zero-order valence-corrected chi connectivity index (χ0v) is 15.5. The Morgan fingerprint density at radius 2 is 2.32 bits per heavy atom. The molecule has 1 saturated heterocycles. The lowest BCUT2D eigenvalue weighted by molar-refractivity contribution is 0.0954. The quantitative estimate of drug-likeness (QED) is 0.790. The van der Waals surface area contributed by atoms with Gasteiger partial charge in [0.15, 0.2) is 0 Å². The maximum absolute atomic E-state index is 12.4. The largest absolute Gasteiger partial charge is 0.496 e. The highest BCUT2D eigenvalue weighted by Gasteiger charge is 2.18. The maximum Gasteiger partial charge on any atom is 0.251 e. The van der Waals surface area contributed by atoms with Gasteiger partial charge in [-0.1, -0.05) is 0 Å². The molecule has 2 N–H and O–H groups in total. The minimum absolute atomic E-state index is 0.0605. The average molecular weight is 360 g/mol. The van der Waals surface area contributed by atoms with E-state index in [1.54, 1.807) is 18.4 Å². The molecule has 3 rings (SSSR count). The Balaban J connectivity index is 1.60. The van der Waals surface area contributed by atoms with E-state index in [4.69, 9.17) is 4.74 Å². The number of methoxy groups -OCH3 is 1. The Bertz CT molecular complexity index is 726. The third kappa shape index (κ3) is 4.76. The zero-order valence-electron chi connectivity index (χ0n) is 14.7. The van der Waals surface area contributed by atoms with Crippen molar-refractivity contribution >= 4 is 17.2 Å². The lowest BCUT2D eigenvalue weighted by atomic mass is 9.96. The fourth-order valence-corrected chi connectivity index (χ4v) is 3.81. The van der Waals surface area contributed by atoms with Gasteiger partial charge in [0.1, 0.15) is 15.8 Å². The molecule has 0 aliphatic carbocycles. The van der Waals surface area contributed by atoms with Crippen LogP contribution in [0.15, 0.2) is 18.2 Å². The van der Waals surface area contributed by atoms with Crippen LogP contribution in [0.4, 0.5) is 0 Å². The monoisotopic (exact) mass is 360 g/mol. The first-order valence-electron chi connectivity index (χ1n) is 8.60. The van der Waals surface area contributed by atoms with Crippen LogP contribution in [0, 0.1) is 12.8 Å². The molecule has 0 saturated carbocycles. The maximum atomic E-state index is 12.4. The molecule has 1 aromatic carbocycles. The fourth-order valence-electron chi connectivity index (χ4n) is 3.10. The van der Waals surface area contributed by atoms with Gasteiger partial charge in [0.2, 0.25) is 0 Å². The molecule has 25 heavy (non-hydrogen) atoms. The Labute approximate surface area is 152 Å². The molecule has 0 spiro atoms. The van der Waals surface area contributed by atoms with Crippen molar-refractivity contribution in [1.29, 1.82) is 0 Å². The van der Waals surface area contributed by atoms with Gasteiger partial charge in [0.25, 0.3) is 5.91 Å². The van der Waals surface area contributed by atoms with Gasteiger partial charge in [-0.2, -0.15) is 0 Å². The van der Waals surface area contributed by atoms with Crippen LogP contribution in [-0.4, -0.2) is 42.8 Å². The number of rotatable bonds is 7. The van der Waals surface area contributed by atoms with E-state index in [0.717, 1.165) is 40.8 Å². The van der Waals surface area contributed by atoms with Crippen molar-refractivity contribution in [3.05, 3.63) is 39.3 Å². The Kier molecular flexibility index (Phi) is 5.99. The van der Waals surface area contributed by atoms with E-state index in [9.17, 15) is 4.79 Å². The van der Waals surface area contributed by atoms with Crippen LogP contribution in [0.5, 0.6) is 5.75 Å². The van der Waals surface area contributed by atoms with E-state index in [-0.39, 0.29) is 5.91 Å². The Morgan fingerprint density at radius 3 is 3.00 bits per heavy atom. The standard InChI is InChI=1S/C18H24N4O2S/c1-12-21-22-17(25-12)6-8-20-18(23)14-3-4-16(24-2)15(10-14)9-13-5-7-19-11-13/h3-4,10,13,19H,5-9,11H2,1-2H3,(H,20,23). The number of nitrogens with one attached hydrogen (secondary N) is 2. The molecule has 1 atom stereocenters. The highest BCUT2D eigenvalue weighted by Crippen LogP contribution is 2.25. The Hall–Kier alpha value is -1.99. The van der Waals surface area contributed by atoms with Crippen molar-refractivity contribution in [2.45, 2.75) is 26.2 Å². The first-order valence-corrected chi connectivity index (χ1v) is 9.42. The summed E-state index contributed by atoms with van der Waals surface area (Å²) >= 11 is 1.56. The molecular formula is C18H24N4O2S. The van der Waals surface area contributed by atoms with E-state index in [1.165, 1.54) is 6.42 Å². The Morgan fingerprint density at radius 1 is 1.44 bits per heavy atom. The summed E-state index contributed by atoms with van der Waals surface area (Å²) in [5.41, 5.74) is 1.78. The number of nitrogens with zero attached hydrogens (tertiary/aromatic N) is 2. The van der Waals surface area contributed by atoms with E-state index < -0.39 is 0 Å². The van der Waals surface area contributed by atoms with E-state index in [2.05, 4.69) is 20.8 Å². The zero-order chi connectivity index (χ0) is 17.6. The van der Waals surface area contributed by atoms with E-state index in [0.29, 0.717) is 24.4 Å². The van der Waals surface area contributed by atoms with Gasteiger partial charge in [-0.25, -0.2) is 0 Å². The van der Waals surface area contributed by atoms with Gasteiger partial charge in [0, 0.05) is 18.5 Å². The second kappa shape index (κ2) is 8.40. The second-order valence-electron chi connectivity index (χ2n) is 6.31. The topological polar surface area (TPSA) is 76.1 Å². The highest BCUT2D eigenvalue weighted by atomic mass is 32.1. The molecule has 2 heterocycles. The number of hydrogen-bond donors (Lipinski definition) is 2. The summed E-state index contributed by atoms with van der Waals surface area (Å²) in [6.45, 7) is 4.58. The summed E-state index contributed by atoms with van der Waals surface area (Å²) in [4.78, 5) is 12.4. The van der Waals surface area contributed by atoms with Gasteiger partial charge in [-0.15, -0.1) is 21.5 Å². The SMILES string of the molecule is COc1ccc(C(=O)NCCc2nnc(C)s2)cc1CC1CCNC1. The van der Waals surface area contributed by atoms with Crippen molar-refractivity contribution in [3.63, 3.8) is 0 Å². The number of amides is 1. The lowest BCUT2D eigenvalue weighted by Gasteiger charge is -2.14. The van der Waals surface area contributed by atoms with Crippen LogP contribution >= 0.6 is 11.3 Å². The van der Waals surface area contributed by atoms with Crippen LogP contribution in [0.3, 0.4) is 0 Å². The molecule has 0 bridgehead atoms. The third-order valence-electron chi connectivity index (χ3n) is 4.41. The molecule has 1 aromatic heterocycles. The van der Waals surface area contributed by atoms with Gasteiger partial charge < -0.3 is 15.4 Å². The molecule has 1 amide bonds. The minimum atomic E-state index is -0.0605. The first kappa shape index (κ1) is 17.8. The smallest absolute Gasteiger partial charge is 0.251 e. The number of benzene rings is 1. The number of carbonyl (C=O) groups is 1. The molecule has 2 aromatic rings. The number of aromatic nitrogens is 2. The summed E-state index contributed by atoms with van der Waals surface area (Å²) in [5.74, 6) is 1.40. The first-order chi connectivity index (χ1) is 12.2. The van der Waals surface area contributed by atoms with Gasteiger partial charge >= 0.3 is 0 Å². The molecule has 7 heteroatoms. The number of hydrogen-bond acceptors (Lipinski definition) is 6. The van der Waals surface area contributed by atoms with Gasteiger partial charge in [-0.05, 0) is 62.5 Å². The minimum Gasteiger partial charge on any atom is -0.496 e. The molecule has 1 fully saturated rings. The predicted octanol–water partition coefficient (Wildman–Crippen LogP) is 1.98. The van der Waals surface area contributed by atoms with Gasteiger partial charge in [0.05, 0.1) is 7.11 Å². The summed E-state index contributed by atoms with van der Waals surface area (Å²) in [5, 5.41) is 16.3. The van der Waals surface area contributed by atoms with Crippen molar-refractivity contribution < 1.29 is 9.53 Å². The summed E-state index contributed by atoms with van der Waals surface area (Å²) in [6, 6.07) is 5.67. The van der Waals surface area contributed by atoms with Crippen LogP contribution in [-0.2, 0) is 12.8 Å². The molecule has 6 nitrogen and oxygen atoms in total. The predicted molar refractivity (Wildman–Crippen MR) is 98.4 cm³/mol. The van der Waals surface area contributed by atoms with Crippen LogP contribution in [0.1, 0.15) is 32.4 Å². The summed E-state index contributed by atoms with van der Waals surface area (Å²) in [7, 11) is 1.68. The molecule has 134 valence electrons. The molecule has 0 radical (unpaired) electrons. The molecule has 1 aliphatic heterocycles. The van der Waals surface area contributed by atoms with Crippen molar-refractivity contribution in [2.75, 3.05) is 26.7 Å². The van der Waals surface area contributed by atoms with Crippen LogP contribution < -0.4 is 15.4 Å². The second-order valence-corrected chi connectivity index (χ2v) is 7.58. The summed E-state index contributed by atoms with van der Waals surface area (Å²) < 4.78 is 5.47. The summed E-state index contributed by atoms with van der Waals surface area (Å²) in [6.07, 6.45) is 2.80. The van der Waals surface area contributed by atoms with Gasteiger partial charge in [-0.3, -0.25) is 4.79 Å². The van der Waals surface area contributed by atoms with Crippen LogP contribution in [0.2, 0.25) is 0 Å². The van der Waals surface area contributed by atoms with Crippen LogP contribution in [0.25, 0.3) is 0 Å². The number of carbonyl (C=O) groups excluding carboxylic acids is 1. The van der Waals surface area contributed by atoms with Crippen molar-refractivity contribution in [2.24, 2.45) is 5.92 Å². The van der Waals surface area contributed by atoms with E-state index in [1.807, 2.05) is 25.1 Å². The number of ether oxygens (including phenoxy) is 1. The average Bonchev–Trinajstić information content (AvgIpc) is 3.26. The normalized spacial score (nSPS) is 16.8. The fraction of sp³-hybridized carbons (Fsp3) is 0.500. The molecular weight excluding hydrogens is 336 g/mol. The molecule has 1 unspecified atom stereocenters. The molecule has 1 aliphatic rings. The van der Waals surface area contributed by atoms with E-state index >= 15 is 0 Å². The van der Waals surface area contributed by atoms with Crippen molar-refractivity contribution in [3.8, 4) is 5.75 Å². The number of aryl methyl sites for hydroxylation is 1. The highest BCUT2D eigenvalue weighted by molar-refractivity contribution is 7.11. The van der Waals surface area contributed by atoms with Crippen molar-refractivity contribution in [1.82, 2.24) is 20.8 Å². The lowest BCUT2D eigenvalue weighted by Crippen LogP contribution is -2.25.